The minimum atomic E-state index is 0.400. The molecule has 2 aliphatic rings. The van der Waals surface area contributed by atoms with Crippen LogP contribution in [0.1, 0.15) is 39.5 Å². The fourth-order valence-corrected chi connectivity index (χ4v) is 3.68. The summed E-state index contributed by atoms with van der Waals surface area (Å²) in [5, 5.41) is 3.70. The van der Waals surface area contributed by atoms with E-state index in [-0.39, 0.29) is 0 Å². The zero-order chi connectivity index (χ0) is 14.0. The normalized spacial score (nSPS) is 26.7. The van der Waals surface area contributed by atoms with E-state index in [4.69, 9.17) is 9.47 Å². The Balaban J connectivity index is 1.65. The Morgan fingerprint density at radius 2 is 2.10 bits per heavy atom. The fraction of sp³-hybridized carbons (Fsp3) is 0.647. The van der Waals surface area contributed by atoms with Crippen LogP contribution in [-0.2, 0) is 4.74 Å². The number of nitrogens with one attached hydrogen (secondary N) is 1. The molecule has 2 saturated carbocycles. The zero-order valence-corrected chi connectivity index (χ0v) is 12.5. The molecule has 110 valence electrons. The van der Waals surface area contributed by atoms with Crippen molar-refractivity contribution in [3.63, 3.8) is 0 Å². The standard InChI is InChI=1S/C17H25NO2/c1-3-19-14-8-5-7-13(11-14)18-15-12-16(20-4-2)17(15)9-6-10-17/h5,7-8,11,15-16,18H,3-4,6,9-10,12H2,1-2H3. The van der Waals surface area contributed by atoms with Gasteiger partial charge in [-0.25, -0.2) is 0 Å². The highest BCUT2D eigenvalue weighted by Gasteiger charge is 2.58. The average Bonchev–Trinajstić information content (AvgIpc) is 2.36. The van der Waals surface area contributed by atoms with E-state index in [0.29, 0.717) is 24.2 Å². The molecule has 2 fully saturated rings. The van der Waals surface area contributed by atoms with Crippen LogP contribution in [0.5, 0.6) is 5.75 Å². The molecule has 3 heteroatoms. The van der Waals surface area contributed by atoms with Gasteiger partial charge in [0, 0.05) is 29.8 Å². The molecule has 0 heterocycles. The van der Waals surface area contributed by atoms with Crippen molar-refractivity contribution in [1.29, 1.82) is 0 Å². The third-order valence-corrected chi connectivity index (χ3v) is 4.92. The summed E-state index contributed by atoms with van der Waals surface area (Å²) in [5.41, 5.74) is 1.57. The highest BCUT2D eigenvalue weighted by Crippen LogP contribution is 2.58. The van der Waals surface area contributed by atoms with Crippen LogP contribution >= 0.6 is 0 Å². The fourth-order valence-electron chi connectivity index (χ4n) is 3.68. The van der Waals surface area contributed by atoms with Crippen molar-refractivity contribution >= 4 is 5.69 Å². The predicted octanol–water partition coefficient (Wildman–Crippen LogP) is 3.84. The highest BCUT2D eigenvalue weighted by atomic mass is 16.5. The van der Waals surface area contributed by atoms with Gasteiger partial charge >= 0.3 is 0 Å². The zero-order valence-electron chi connectivity index (χ0n) is 12.5. The topological polar surface area (TPSA) is 30.5 Å². The molecule has 3 rings (SSSR count). The molecule has 0 bridgehead atoms. The lowest BCUT2D eigenvalue weighted by Crippen LogP contribution is -2.64. The Kier molecular flexibility index (Phi) is 3.88. The molecule has 1 spiro atoms. The third-order valence-electron chi connectivity index (χ3n) is 4.92. The summed E-state index contributed by atoms with van der Waals surface area (Å²) in [6.07, 6.45) is 5.56. The summed E-state index contributed by atoms with van der Waals surface area (Å²) in [6.45, 7) is 5.66. The minimum absolute atomic E-state index is 0.400. The monoisotopic (exact) mass is 275 g/mol. The third kappa shape index (κ3) is 2.28. The molecule has 0 saturated heterocycles. The minimum Gasteiger partial charge on any atom is -0.494 e. The molecule has 0 aromatic heterocycles. The SMILES string of the molecule is CCOc1cccc(NC2CC(OCC)C23CCC3)c1. The van der Waals surface area contributed by atoms with E-state index in [0.717, 1.165) is 18.8 Å². The first-order valence-corrected chi connectivity index (χ1v) is 7.89. The second kappa shape index (κ2) is 5.65. The van der Waals surface area contributed by atoms with Crippen LogP contribution < -0.4 is 10.1 Å². The molecule has 1 aromatic rings. The first-order chi connectivity index (χ1) is 9.78. The van der Waals surface area contributed by atoms with Crippen molar-refractivity contribution in [1.82, 2.24) is 0 Å². The summed E-state index contributed by atoms with van der Waals surface area (Å²) < 4.78 is 11.5. The molecule has 0 amide bonds. The smallest absolute Gasteiger partial charge is 0.121 e. The van der Waals surface area contributed by atoms with Crippen molar-refractivity contribution in [2.75, 3.05) is 18.5 Å². The molecule has 0 radical (unpaired) electrons. The molecule has 20 heavy (non-hydrogen) atoms. The van der Waals surface area contributed by atoms with Gasteiger partial charge < -0.3 is 14.8 Å². The maximum atomic E-state index is 5.90. The summed E-state index contributed by atoms with van der Waals surface area (Å²) in [4.78, 5) is 0. The van der Waals surface area contributed by atoms with Crippen LogP contribution in [0.2, 0.25) is 0 Å². The quantitative estimate of drug-likeness (QED) is 0.855. The Hall–Kier alpha value is -1.22. The van der Waals surface area contributed by atoms with Crippen LogP contribution in [0.15, 0.2) is 24.3 Å². The van der Waals surface area contributed by atoms with Crippen molar-refractivity contribution in [3.8, 4) is 5.75 Å². The van der Waals surface area contributed by atoms with E-state index in [2.05, 4.69) is 30.4 Å². The van der Waals surface area contributed by atoms with Crippen molar-refractivity contribution in [2.45, 2.75) is 51.7 Å². The van der Waals surface area contributed by atoms with E-state index in [1.165, 1.54) is 24.9 Å². The lowest BCUT2D eigenvalue weighted by atomic mass is 9.51. The first-order valence-electron chi connectivity index (χ1n) is 7.89. The van der Waals surface area contributed by atoms with E-state index in [1.54, 1.807) is 0 Å². The second-order valence-electron chi connectivity index (χ2n) is 5.92. The molecule has 2 aliphatic carbocycles. The van der Waals surface area contributed by atoms with Gasteiger partial charge in [-0.2, -0.15) is 0 Å². The van der Waals surface area contributed by atoms with E-state index >= 15 is 0 Å². The van der Waals surface area contributed by atoms with Crippen molar-refractivity contribution in [3.05, 3.63) is 24.3 Å². The number of hydrogen-bond acceptors (Lipinski definition) is 3. The van der Waals surface area contributed by atoms with E-state index in [9.17, 15) is 0 Å². The molecule has 2 unspecified atom stereocenters. The number of benzene rings is 1. The van der Waals surface area contributed by atoms with Gasteiger partial charge in [0.15, 0.2) is 0 Å². The van der Waals surface area contributed by atoms with Gasteiger partial charge in [0.2, 0.25) is 0 Å². The Bertz CT molecular complexity index is 456. The Labute approximate surface area is 121 Å². The largest absolute Gasteiger partial charge is 0.494 e. The van der Waals surface area contributed by atoms with Crippen LogP contribution in [0.3, 0.4) is 0 Å². The number of anilines is 1. The van der Waals surface area contributed by atoms with Gasteiger partial charge in [-0.15, -0.1) is 0 Å². The van der Waals surface area contributed by atoms with Gasteiger partial charge in [0.25, 0.3) is 0 Å². The second-order valence-corrected chi connectivity index (χ2v) is 5.92. The lowest BCUT2D eigenvalue weighted by Gasteiger charge is -2.61. The molecule has 0 aliphatic heterocycles. The van der Waals surface area contributed by atoms with Crippen LogP contribution in [0, 0.1) is 5.41 Å². The van der Waals surface area contributed by atoms with Crippen LogP contribution in [0.25, 0.3) is 0 Å². The lowest BCUT2D eigenvalue weighted by molar-refractivity contribution is -0.157. The maximum Gasteiger partial charge on any atom is 0.121 e. The predicted molar refractivity (Wildman–Crippen MR) is 81.3 cm³/mol. The number of hydrogen-bond donors (Lipinski definition) is 1. The van der Waals surface area contributed by atoms with Gasteiger partial charge in [-0.05, 0) is 45.2 Å². The van der Waals surface area contributed by atoms with Crippen molar-refractivity contribution in [2.24, 2.45) is 5.41 Å². The average molecular weight is 275 g/mol. The summed E-state index contributed by atoms with van der Waals surface area (Å²) in [7, 11) is 0. The molecule has 1 N–H and O–H groups in total. The molecule has 2 atom stereocenters. The Morgan fingerprint density at radius 3 is 2.75 bits per heavy atom. The van der Waals surface area contributed by atoms with Crippen molar-refractivity contribution < 1.29 is 9.47 Å². The summed E-state index contributed by atoms with van der Waals surface area (Å²) in [6, 6.07) is 8.86. The van der Waals surface area contributed by atoms with Gasteiger partial charge in [0.05, 0.1) is 12.7 Å². The van der Waals surface area contributed by atoms with Crippen LogP contribution in [-0.4, -0.2) is 25.4 Å². The summed E-state index contributed by atoms with van der Waals surface area (Å²) in [5.74, 6) is 0.945. The molecular weight excluding hydrogens is 250 g/mol. The van der Waals surface area contributed by atoms with Gasteiger partial charge in [-0.1, -0.05) is 12.5 Å². The van der Waals surface area contributed by atoms with E-state index in [1.807, 2.05) is 13.0 Å². The summed E-state index contributed by atoms with van der Waals surface area (Å²) >= 11 is 0. The van der Waals surface area contributed by atoms with Crippen LogP contribution in [0.4, 0.5) is 5.69 Å². The van der Waals surface area contributed by atoms with Gasteiger partial charge in [0.1, 0.15) is 5.75 Å². The number of rotatable bonds is 6. The molecule has 1 aromatic carbocycles. The highest BCUT2D eigenvalue weighted by molar-refractivity contribution is 5.50. The van der Waals surface area contributed by atoms with Gasteiger partial charge in [-0.3, -0.25) is 0 Å². The molecule has 3 nitrogen and oxygen atoms in total. The number of ether oxygens (including phenoxy) is 2. The van der Waals surface area contributed by atoms with E-state index < -0.39 is 0 Å². The maximum absolute atomic E-state index is 5.90. The Morgan fingerprint density at radius 1 is 1.25 bits per heavy atom. The molecular formula is C17H25NO2. The first kappa shape index (κ1) is 13.7.